The molecular weight excluding hydrogens is 1400 g/mol. The number of aromatic amines is 2. The molecule has 4 bridgehead atoms. The van der Waals surface area contributed by atoms with Gasteiger partial charge in [-0.3, -0.25) is 56.1 Å². The number of phosphoric acid groups is 4. The Morgan fingerprint density at radius 2 is 0.760 bits per heavy atom. The molecular formula is C42H54N22Na2O26P4-2. The number of imidazole rings is 4. The van der Waals surface area contributed by atoms with E-state index in [9.17, 15) is 67.8 Å². The predicted molar refractivity (Wildman–Crippen MR) is 297 cm³/mol. The van der Waals surface area contributed by atoms with E-state index in [2.05, 4.69) is 59.8 Å². The summed E-state index contributed by atoms with van der Waals surface area (Å²) in [5, 5.41) is 42.6. The van der Waals surface area contributed by atoms with Gasteiger partial charge in [0.15, 0.2) is 57.7 Å². The van der Waals surface area contributed by atoms with Crippen molar-refractivity contribution in [2.24, 2.45) is 11.8 Å². The molecule has 48 nitrogen and oxygen atoms in total. The number of fused-ring (bicyclic) bond motifs is 10. The van der Waals surface area contributed by atoms with Crippen molar-refractivity contribution < 1.29 is 173 Å². The number of aliphatic hydroxyl groups is 4. The number of aliphatic hydroxyl groups excluding tert-OH is 4. The van der Waals surface area contributed by atoms with Crippen LogP contribution in [0.4, 0.5) is 23.5 Å². The summed E-state index contributed by atoms with van der Waals surface area (Å²) in [5.74, 6) is -2.85. The Labute approximate surface area is 577 Å². The molecule has 8 aromatic heterocycles. The van der Waals surface area contributed by atoms with Crippen LogP contribution in [0.2, 0.25) is 0 Å². The summed E-state index contributed by atoms with van der Waals surface area (Å²) in [6.45, 7) is -4.93. The summed E-state index contributed by atoms with van der Waals surface area (Å²) in [4.78, 5) is 122. The molecule has 0 spiro atoms. The first-order chi connectivity index (χ1) is 43.7. The first kappa shape index (κ1) is 75.2. The Morgan fingerprint density at radius 1 is 0.458 bits per heavy atom. The molecule has 6 saturated heterocycles. The van der Waals surface area contributed by atoms with Crippen LogP contribution in [0.3, 0.4) is 0 Å². The largest absolute Gasteiger partial charge is 1.00 e. The number of nitrogen functional groups attached to an aromatic ring is 4. The first-order valence-electron chi connectivity index (χ1n) is 26.8. The summed E-state index contributed by atoms with van der Waals surface area (Å²) in [7, 11) is -21.3. The molecule has 0 radical (unpaired) electrons. The number of aromatic nitrogens is 16. The summed E-state index contributed by atoms with van der Waals surface area (Å²) >= 11 is 0. The van der Waals surface area contributed by atoms with Crippen LogP contribution in [0, 0.1) is 11.8 Å². The van der Waals surface area contributed by atoms with E-state index in [1.165, 1.54) is 21.8 Å². The van der Waals surface area contributed by atoms with Gasteiger partial charge in [-0.2, -0.15) is 9.97 Å². The number of nitrogens with zero attached hydrogens (tertiary/aromatic N) is 14. The zero-order valence-electron chi connectivity index (χ0n) is 49.5. The van der Waals surface area contributed by atoms with Crippen LogP contribution < -0.4 is 125 Å². The Hall–Kier alpha value is -4.96. The first-order valence-corrected chi connectivity index (χ1v) is 32.6. The minimum atomic E-state index is -5.37. The maximum Gasteiger partial charge on any atom is 1.00 e. The van der Waals surface area contributed by atoms with E-state index in [1.54, 1.807) is 0 Å². The van der Waals surface area contributed by atoms with Gasteiger partial charge in [-0.25, -0.2) is 39.9 Å². The predicted octanol–water partition coefficient (Wildman–Crippen LogP) is -12.4. The van der Waals surface area contributed by atoms with Crippen LogP contribution in [0.25, 0.3) is 44.7 Å². The number of ether oxygens (including phenoxy) is 4. The van der Waals surface area contributed by atoms with E-state index in [-0.39, 0.29) is 140 Å². The third kappa shape index (κ3) is 14.4. The molecule has 6 aliphatic rings. The Balaban J connectivity index is 0.000000216. The standard InChI is InChI=1S/2C21H26N10O13P2.2H3N.2Na/c2*22-15-10-16(25-4-24-15)30(5-26-10)19-7(1-32)13-9(42-19)3-40-46(37,38)44-14-12(33)8(2-39-45(35,36)43-13)41-20(14)31-6-27-11-17(31)28-21(23)29-18(11)34;;;;/h2*4-9,12-14,19-20,32-33H,1-3H2,(H,35,36)(H,37,38)(H2,22,24,25)(H3,23,28,29,34);2*1H3;;/q;;;;2*+1/p-4. The smallest absolute Gasteiger partial charge is 0.756 e. The van der Waals surface area contributed by atoms with Crippen molar-refractivity contribution >= 4 is 99.5 Å². The molecule has 0 amide bonds. The maximum atomic E-state index is 13.1. The molecule has 14 rings (SSSR count). The second-order valence-corrected chi connectivity index (χ2v) is 26.4. The normalized spacial score (nSPS) is 35.6. The van der Waals surface area contributed by atoms with Crippen LogP contribution in [-0.4, -0.2) is 199 Å². The average Bonchev–Trinajstić information content (AvgIpc) is 1.62. The number of H-pyrrole nitrogens is 2. The summed E-state index contributed by atoms with van der Waals surface area (Å²) < 4.78 is 122. The summed E-state index contributed by atoms with van der Waals surface area (Å²) in [6, 6.07) is 0. The molecule has 96 heavy (non-hydrogen) atoms. The van der Waals surface area contributed by atoms with Gasteiger partial charge in [0.25, 0.3) is 42.4 Å². The van der Waals surface area contributed by atoms with E-state index in [0.717, 1.165) is 34.4 Å². The van der Waals surface area contributed by atoms with Crippen LogP contribution in [0.1, 0.15) is 24.9 Å². The SMILES string of the molecule is N.N.Nc1nc2c(ncn2C2OC3COP(=O)([O-])OC4C(COP(=O)([O-])OC2C3O)OC(n2cnc3c(N)ncnc32)C4CO)c(=O)[nH]1.Nc1nc2c(ncn2C2OC3COP(=O)([O-])OC4C(COP(=O)([O-])OC2C3O)OC(n2cnc3c(N)ncnc32)C4CO)c(=O)[nH]1.[Na+].[Na+]. The van der Waals surface area contributed by atoms with Crippen LogP contribution in [0.15, 0.2) is 47.6 Å². The molecule has 8 aromatic rings. The van der Waals surface area contributed by atoms with Crippen molar-refractivity contribution in [1.29, 1.82) is 0 Å². The molecule has 6 aliphatic heterocycles. The van der Waals surface area contributed by atoms with E-state index < -0.39 is 180 Å². The minimum absolute atomic E-state index is 0. The topological polar surface area (TPSA) is 741 Å². The van der Waals surface area contributed by atoms with Gasteiger partial charge in [0.1, 0.15) is 97.2 Å². The van der Waals surface area contributed by atoms with Gasteiger partial charge in [-0.1, -0.05) is 0 Å². The van der Waals surface area contributed by atoms with Gasteiger partial charge in [0, 0.05) is 0 Å². The molecule has 0 aromatic carbocycles. The number of hydrogen-bond donors (Lipinski definition) is 12. The summed E-state index contributed by atoms with van der Waals surface area (Å²) in [6.07, 6.45) is -14.9. The second-order valence-electron chi connectivity index (χ2n) is 20.9. The maximum absolute atomic E-state index is 13.1. The molecule has 0 saturated carbocycles. The zero-order valence-corrected chi connectivity index (χ0v) is 57.1. The van der Waals surface area contributed by atoms with E-state index in [0.29, 0.717) is 0 Å². The van der Waals surface area contributed by atoms with Gasteiger partial charge in [0.2, 0.25) is 11.9 Å². The van der Waals surface area contributed by atoms with E-state index >= 15 is 0 Å². The fourth-order valence-corrected chi connectivity index (χ4v) is 15.0. The van der Waals surface area contributed by atoms with Crippen molar-refractivity contribution in [2.45, 2.75) is 86.0 Å². The van der Waals surface area contributed by atoms with Crippen molar-refractivity contribution in [3.8, 4) is 0 Å². The molecule has 512 valence electrons. The monoisotopic (exact) mass is 1450 g/mol. The van der Waals surface area contributed by atoms with Crippen LogP contribution >= 0.6 is 31.3 Å². The van der Waals surface area contributed by atoms with Gasteiger partial charge >= 0.3 is 59.1 Å². The van der Waals surface area contributed by atoms with Gasteiger partial charge in [-0.15, -0.1) is 0 Å². The minimum Gasteiger partial charge on any atom is -0.756 e. The Morgan fingerprint density at radius 3 is 1.10 bits per heavy atom. The molecule has 54 heteroatoms. The number of phosphoric ester groups is 4. The molecule has 6 fully saturated rings. The summed E-state index contributed by atoms with van der Waals surface area (Å²) in [5.41, 5.74) is 21.6. The number of anilines is 4. The quantitative estimate of drug-likeness (QED) is 0.0543. The molecule has 0 aliphatic carbocycles. The molecule has 20 unspecified atom stereocenters. The van der Waals surface area contributed by atoms with Gasteiger partial charge < -0.3 is 130 Å². The molecule has 20 atom stereocenters. The number of hydrogen-bond acceptors (Lipinski definition) is 42. The zero-order chi connectivity index (χ0) is 65.1. The van der Waals surface area contributed by atoms with Crippen LogP contribution in [-0.2, 0) is 73.4 Å². The second kappa shape index (κ2) is 28.9. The fourth-order valence-electron chi connectivity index (χ4n) is 11.2. The Bertz CT molecular complexity index is 4200. The van der Waals surface area contributed by atoms with Crippen molar-refractivity contribution in [2.75, 3.05) is 62.6 Å². The Kier molecular flexibility index (Phi) is 22.7. The molecule has 20 N–H and O–H groups in total. The average molecular weight is 1450 g/mol. The van der Waals surface area contributed by atoms with Gasteiger partial charge in [-0.05, 0) is 0 Å². The van der Waals surface area contributed by atoms with Crippen molar-refractivity contribution in [3.63, 3.8) is 0 Å². The number of nitrogens with one attached hydrogen (secondary N) is 2. The van der Waals surface area contributed by atoms with E-state index in [1.807, 2.05) is 0 Å². The van der Waals surface area contributed by atoms with Crippen molar-refractivity contribution in [1.82, 2.24) is 90.4 Å². The number of rotatable bonds is 6. The van der Waals surface area contributed by atoms with E-state index in [4.69, 9.17) is 78.1 Å². The van der Waals surface area contributed by atoms with Crippen molar-refractivity contribution in [3.05, 3.63) is 58.7 Å². The third-order valence-electron chi connectivity index (χ3n) is 15.3. The van der Waals surface area contributed by atoms with Crippen LogP contribution in [0.5, 0.6) is 0 Å². The molecule has 14 heterocycles. The third-order valence-corrected chi connectivity index (χ3v) is 19.2. The number of nitrogens with two attached hydrogens (primary N) is 4. The van der Waals surface area contributed by atoms with Gasteiger partial charge in [0.05, 0.1) is 76.8 Å². The fraction of sp³-hybridized carbons (Fsp3) is 0.524.